The molecule has 90 valence electrons. The lowest BCUT2D eigenvalue weighted by Crippen LogP contribution is -2.05. The Kier molecular flexibility index (Phi) is 3.63. The molecule has 0 spiro atoms. The van der Waals surface area contributed by atoms with Gasteiger partial charge in [-0.2, -0.15) is 0 Å². The molecule has 0 atom stereocenters. The minimum Gasteiger partial charge on any atom is -0.481 e. The molecular weight excluding hydrogens is 288 g/mol. The first kappa shape index (κ1) is 11.9. The standard InChI is InChI=1S/C11H11BrN2O3/c12-7-3-4-9-8(6-7)11(14-17-9)13-5-1-2-10(15)16/h3-4,6H,1-2,5H2,(H,13,14)(H,15,16). The van der Waals surface area contributed by atoms with E-state index in [4.69, 9.17) is 9.63 Å². The number of nitrogens with one attached hydrogen (secondary N) is 1. The Balaban J connectivity index is 2.03. The smallest absolute Gasteiger partial charge is 0.303 e. The average molecular weight is 299 g/mol. The highest BCUT2D eigenvalue weighted by Crippen LogP contribution is 2.25. The van der Waals surface area contributed by atoms with Crippen LogP contribution in [0, 0.1) is 0 Å². The van der Waals surface area contributed by atoms with E-state index in [9.17, 15) is 4.79 Å². The first-order chi connectivity index (χ1) is 8.16. The van der Waals surface area contributed by atoms with E-state index in [0.29, 0.717) is 24.4 Å². The molecule has 1 heterocycles. The van der Waals surface area contributed by atoms with Crippen molar-refractivity contribution in [3.05, 3.63) is 22.7 Å². The van der Waals surface area contributed by atoms with E-state index in [-0.39, 0.29) is 6.42 Å². The van der Waals surface area contributed by atoms with Crippen molar-refractivity contribution in [2.45, 2.75) is 12.8 Å². The molecule has 6 heteroatoms. The van der Waals surface area contributed by atoms with Crippen molar-refractivity contribution < 1.29 is 14.4 Å². The Morgan fingerprint density at radius 2 is 2.35 bits per heavy atom. The summed E-state index contributed by atoms with van der Waals surface area (Å²) in [5.74, 6) is -0.147. The van der Waals surface area contributed by atoms with Gasteiger partial charge in [-0.15, -0.1) is 0 Å². The minimum atomic E-state index is -0.792. The van der Waals surface area contributed by atoms with Crippen LogP contribution < -0.4 is 5.32 Å². The van der Waals surface area contributed by atoms with Gasteiger partial charge in [-0.05, 0) is 24.6 Å². The molecule has 2 N–H and O–H groups in total. The first-order valence-corrected chi connectivity index (χ1v) is 5.97. The molecule has 0 saturated carbocycles. The lowest BCUT2D eigenvalue weighted by atomic mass is 10.2. The second-order valence-electron chi connectivity index (χ2n) is 3.60. The second kappa shape index (κ2) is 5.18. The number of benzene rings is 1. The van der Waals surface area contributed by atoms with Gasteiger partial charge in [0.1, 0.15) is 0 Å². The number of aliphatic carboxylic acids is 1. The van der Waals surface area contributed by atoms with Crippen molar-refractivity contribution in [3.8, 4) is 0 Å². The fraction of sp³-hybridized carbons (Fsp3) is 0.273. The molecule has 0 saturated heterocycles. The van der Waals surface area contributed by atoms with E-state index >= 15 is 0 Å². The maximum atomic E-state index is 10.3. The Labute approximate surface area is 106 Å². The monoisotopic (exact) mass is 298 g/mol. The fourth-order valence-electron chi connectivity index (χ4n) is 1.48. The molecule has 0 amide bonds. The zero-order chi connectivity index (χ0) is 12.3. The van der Waals surface area contributed by atoms with Crippen LogP contribution in [0.2, 0.25) is 0 Å². The van der Waals surface area contributed by atoms with Gasteiger partial charge in [-0.1, -0.05) is 21.1 Å². The summed E-state index contributed by atoms with van der Waals surface area (Å²) in [6.07, 6.45) is 0.699. The average Bonchev–Trinajstić information content (AvgIpc) is 2.67. The molecule has 2 rings (SSSR count). The number of anilines is 1. The third kappa shape index (κ3) is 2.97. The largest absolute Gasteiger partial charge is 0.481 e. The molecule has 1 aromatic carbocycles. The normalized spacial score (nSPS) is 10.6. The van der Waals surface area contributed by atoms with Crippen LogP contribution in [-0.4, -0.2) is 22.8 Å². The van der Waals surface area contributed by atoms with Crippen LogP contribution in [0.5, 0.6) is 0 Å². The van der Waals surface area contributed by atoms with Gasteiger partial charge in [0.25, 0.3) is 0 Å². The molecule has 0 fully saturated rings. The van der Waals surface area contributed by atoms with Gasteiger partial charge in [0.2, 0.25) is 0 Å². The van der Waals surface area contributed by atoms with Crippen molar-refractivity contribution in [3.63, 3.8) is 0 Å². The number of fused-ring (bicyclic) bond motifs is 1. The van der Waals surface area contributed by atoms with Crippen molar-refractivity contribution >= 4 is 38.7 Å². The quantitative estimate of drug-likeness (QED) is 0.830. The fourth-order valence-corrected chi connectivity index (χ4v) is 1.85. The van der Waals surface area contributed by atoms with Gasteiger partial charge in [-0.3, -0.25) is 4.79 Å². The van der Waals surface area contributed by atoms with E-state index in [1.807, 2.05) is 18.2 Å². The van der Waals surface area contributed by atoms with E-state index in [2.05, 4.69) is 26.4 Å². The highest BCUT2D eigenvalue weighted by atomic mass is 79.9. The zero-order valence-electron chi connectivity index (χ0n) is 8.94. The van der Waals surface area contributed by atoms with E-state index < -0.39 is 5.97 Å². The van der Waals surface area contributed by atoms with Gasteiger partial charge >= 0.3 is 5.97 Å². The van der Waals surface area contributed by atoms with Crippen LogP contribution in [0.25, 0.3) is 11.0 Å². The maximum absolute atomic E-state index is 10.3. The number of carboxylic acids is 1. The van der Waals surface area contributed by atoms with Crippen molar-refractivity contribution in [1.82, 2.24) is 5.16 Å². The highest BCUT2D eigenvalue weighted by Gasteiger charge is 2.07. The van der Waals surface area contributed by atoms with Crippen LogP contribution in [0.4, 0.5) is 5.82 Å². The van der Waals surface area contributed by atoms with E-state index in [0.717, 1.165) is 9.86 Å². The predicted octanol–water partition coefficient (Wildman–Crippen LogP) is 2.87. The van der Waals surface area contributed by atoms with Crippen molar-refractivity contribution in [2.24, 2.45) is 0 Å². The third-order valence-electron chi connectivity index (χ3n) is 2.29. The molecule has 0 aliphatic carbocycles. The van der Waals surface area contributed by atoms with Crippen LogP contribution in [0.1, 0.15) is 12.8 Å². The Bertz CT molecular complexity index is 538. The lowest BCUT2D eigenvalue weighted by molar-refractivity contribution is -0.137. The van der Waals surface area contributed by atoms with Gasteiger partial charge in [0.05, 0.1) is 5.39 Å². The minimum absolute atomic E-state index is 0.145. The molecule has 1 aromatic heterocycles. The molecule has 0 unspecified atom stereocenters. The summed E-state index contributed by atoms with van der Waals surface area (Å²) in [6.45, 7) is 0.556. The van der Waals surface area contributed by atoms with Gasteiger partial charge in [-0.25, -0.2) is 0 Å². The number of hydrogen-bond acceptors (Lipinski definition) is 4. The van der Waals surface area contributed by atoms with Crippen LogP contribution >= 0.6 is 15.9 Å². The van der Waals surface area contributed by atoms with Gasteiger partial charge in [0, 0.05) is 17.4 Å². The highest BCUT2D eigenvalue weighted by molar-refractivity contribution is 9.10. The number of hydrogen-bond donors (Lipinski definition) is 2. The number of aromatic nitrogens is 1. The Morgan fingerprint density at radius 3 is 3.12 bits per heavy atom. The summed E-state index contributed by atoms with van der Waals surface area (Å²) in [5.41, 5.74) is 0.703. The molecule has 2 aromatic rings. The Morgan fingerprint density at radius 1 is 1.53 bits per heavy atom. The summed E-state index contributed by atoms with van der Waals surface area (Å²) in [7, 11) is 0. The molecular formula is C11H11BrN2O3. The lowest BCUT2D eigenvalue weighted by Gasteiger charge is -2.00. The predicted molar refractivity (Wildman–Crippen MR) is 67.1 cm³/mol. The van der Waals surface area contributed by atoms with Gasteiger partial charge in [0.15, 0.2) is 11.4 Å². The molecule has 0 aliphatic heterocycles. The number of rotatable bonds is 5. The van der Waals surface area contributed by atoms with Gasteiger partial charge < -0.3 is 14.9 Å². The number of halogens is 1. The Hall–Kier alpha value is -1.56. The van der Waals surface area contributed by atoms with Crippen LogP contribution in [-0.2, 0) is 4.79 Å². The molecule has 5 nitrogen and oxygen atoms in total. The third-order valence-corrected chi connectivity index (χ3v) is 2.79. The topological polar surface area (TPSA) is 75.4 Å². The summed E-state index contributed by atoms with van der Waals surface area (Å²) < 4.78 is 6.08. The number of carbonyl (C=O) groups is 1. The first-order valence-electron chi connectivity index (χ1n) is 5.17. The zero-order valence-corrected chi connectivity index (χ0v) is 10.5. The number of nitrogens with zero attached hydrogens (tertiary/aromatic N) is 1. The van der Waals surface area contributed by atoms with Crippen molar-refractivity contribution in [2.75, 3.05) is 11.9 Å². The van der Waals surface area contributed by atoms with E-state index in [1.165, 1.54) is 0 Å². The summed E-state index contributed by atoms with van der Waals surface area (Å²) in [5, 5.41) is 16.4. The van der Waals surface area contributed by atoms with Crippen LogP contribution in [0.15, 0.2) is 27.2 Å². The van der Waals surface area contributed by atoms with Crippen LogP contribution in [0.3, 0.4) is 0 Å². The second-order valence-corrected chi connectivity index (χ2v) is 4.51. The molecule has 0 bridgehead atoms. The maximum Gasteiger partial charge on any atom is 0.303 e. The molecule has 0 aliphatic rings. The van der Waals surface area contributed by atoms with E-state index in [1.54, 1.807) is 0 Å². The summed E-state index contributed by atoms with van der Waals surface area (Å²) in [4.78, 5) is 10.3. The van der Waals surface area contributed by atoms with Crippen molar-refractivity contribution in [1.29, 1.82) is 0 Å². The summed E-state index contributed by atoms with van der Waals surface area (Å²) in [6, 6.07) is 5.61. The summed E-state index contributed by atoms with van der Waals surface area (Å²) >= 11 is 3.38. The SMILES string of the molecule is O=C(O)CCCNc1noc2ccc(Br)cc12. The molecule has 17 heavy (non-hydrogen) atoms. The molecule has 0 radical (unpaired) electrons. The number of carboxylic acid groups (broad SMARTS) is 1.